The van der Waals surface area contributed by atoms with Gasteiger partial charge in [-0.15, -0.1) is 11.3 Å². The summed E-state index contributed by atoms with van der Waals surface area (Å²) in [5, 5.41) is 0. The Bertz CT molecular complexity index is 326. The third-order valence-electron chi connectivity index (χ3n) is 3.28. The first-order valence-electron chi connectivity index (χ1n) is 5.56. The molecule has 84 valence electrons. The van der Waals surface area contributed by atoms with Gasteiger partial charge in [-0.1, -0.05) is 41.6 Å². The van der Waals surface area contributed by atoms with Gasteiger partial charge in [0.1, 0.15) is 0 Å². The van der Waals surface area contributed by atoms with Crippen LogP contribution in [0.3, 0.4) is 0 Å². The minimum atomic E-state index is 0.558. The molecule has 1 atom stereocenters. The van der Waals surface area contributed by atoms with Crippen molar-refractivity contribution in [2.24, 2.45) is 5.92 Å². The van der Waals surface area contributed by atoms with Crippen LogP contribution >= 0.6 is 43.2 Å². The van der Waals surface area contributed by atoms with Gasteiger partial charge in [-0.3, -0.25) is 0 Å². The predicted molar refractivity (Wildman–Crippen MR) is 75.0 cm³/mol. The Labute approximate surface area is 113 Å². The fraction of sp³-hybridized carbons (Fsp3) is 0.667. The highest BCUT2D eigenvalue weighted by Gasteiger charge is 2.21. The van der Waals surface area contributed by atoms with Crippen LogP contribution in [0.2, 0.25) is 0 Å². The number of alkyl halides is 1. The number of thiophene rings is 1. The Morgan fingerprint density at radius 1 is 1.47 bits per heavy atom. The Kier molecular flexibility index (Phi) is 4.31. The molecule has 0 N–H and O–H groups in total. The van der Waals surface area contributed by atoms with E-state index in [1.165, 1.54) is 46.3 Å². The molecule has 3 heteroatoms. The van der Waals surface area contributed by atoms with Gasteiger partial charge in [0, 0.05) is 9.70 Å². The minimum absolute atomic E-state index is 0.558. The van der Waals surface area contributed by atoms with Crippen LogP contribution in [0.25, 0.3) is 0 Å². The van der Waals surface area contributed by atoms with E-state index in [1.807, 2.05) is 11.3 Å². The number of hydrogen-bond acceptors (Lipinski definition) is 1. The average Bonchev–Trinajstić information content (AvgIpc) is 2.75. The largest absolute Gasteiger partial charge is 0.133 e. The van der Waals surface area contributed by atoms with Crippen LogP contribution < -0.4 is 0 Å². The number of halogens is 2. The first-order valence-corrected chi connectivity index (χ1v) is 8.09. The molecule has 0 radical (unpaired) electrons. The molecule has 1 saturated carbocycles. The molecule has 2 rings (SSSR count). The van der Waals surface area contributed by atoms with Crippen molar-refractivity contribution in [1.29, 1.82) is 0 Å². The number of rotatable bonds is 3. The van der Waals surface area contributed by atoms with Crippen LogP contribution in [0.1, 0.15) is 47.4 Å². The predicted octanol–water partition coefficient (Wildman–Crippen LogP) is 5.84. The molecule has 0 nitrogen and oxygen atoms in total. The van der Waals surface area contributed by atoms with E-state index in [4.69, 9.17) is 0 Å². The van der Waals surface area contributed by atoms with E-state index >= 15 is 0 Å². The molecule has 1 aromatic heterocycles. The van der Waals surface area contributed by atoms with Crippen molar-refractivity contribution in [2.45, 2.75) is 43.9 Å². The van der Waals surface area contributed by atoms with Crippen molar-refractivity contribution in [3.8, 4) is 0 Å². The third-order valence-corrected chi connectivity index (χ3v) is 5.71. The minimum Gasteiger partial charge on any atom is -0.133 e. The molecule has 15 heavy (non-hydrogen) atoms. The second kappa shape index (κ2) is 5.33. The summed E-state index contributed by atoms with van der Waals surface area (Å²) in [6.07, 6.45) is 7.07. The van der Waals surface area contributed by atoms with Crippen molar-refractivity contribution in [3.63, 3.8) is 0 Å². The molecule has 1 unspecified atom stereocenters. The molecule has 1 aliphatic rings. The SMILES string of the molecule is Cc1sc(Br)cc1C(Br)CC1CCCC1. The molecule has 0 bridgehead atoms. The van der Waals surface area contributed by atoms with E-state index in [1.54, 1.807) is 0 Å². The lowest BCUT2D eigenvalue weighted by molar-refractivity contribution is 0.501. The summed E-state index contributed by atoms with van der Waals surface area (Å²) < 4.78 is 1.26. The van der Waals surface area contributed by atoms with Crippen LogP contribution in [-0.2, 0) is 0 Å². The summed E-state index contributed by atoms with van der Waals surface area (Å²) in [7, 11) is 0. The van der Waals surface area contributed by atoms with Gasteiger partial charge in [0.15, 0.2) is 0 Å². The monoisotopic (exact) mass is 350 g/mol. The van der Waals surface area contributed by atoms with Crippen LogP contribution in [-0.4, -0.2) is 0 Å². The zero-order valence-corrected chi connectivity index (χ0v) is 12.9. The molecule has 0 spiro atoms. The zero-order valence-electron chi connectivity index (χ0n) is 8.93. The summed E-state index contributed by atoms with van der Waals surface area (Å²) in [4.78, 5) is 2.00. The summed E-state index contributed by atoms with van der Waals surface area (Å²) in [6, 6.07) is 2.27. The second-order valence-corrected chi connectivity index (χ2v) is 8.16. The molecule has 0 amide bonds. The lowest BCUT2D eigenvalue weighted by Crippen LogP contribution is -1.99. The lowest BCUT2D eigenvalue weighted by atomic mass is 9.98. The quantitative estimate of drug-likeness (QED) is 0.600. The van der Waals surface area contributed by atoms with Crippen LogP contribution in [0.4, 0.5) is 0 Å². The average molecular weight is 352 g/mol. The fourth-order valence-electron chi connectivity index (χ4n) is 2.44. The smallest absolute Gasteiger partial charge is 0.0704 e. The van der Waals surface area contributed by atoms with E-state index < -0.39 is 0 Å². The van der Waals surface area contributed by atoms with Crippen molar-refractivity contribution in [2.75, 3.05) is 0 Å². The van der Waals surface area contributed by atoms with Gasteiger partial charge in [0.05, 0.1) is 3.79 Å². The molecular weight excluding hydrogens is 336 g/mol. The van der Waals surface area contributed by atoms with Crippen molar-refractivity contribution >= 4 is 43.2 Å². The van der Waals surface area contributed by atoms with E-state index in [-0.39, 0.29) is 0 Å². The van der Waals surface area contributed by atoms with Crippen molar-refractivity contribution in [1.82, 2.24) is 0 Å². The van der Waals surface area contributed by atoms with E-state index in [0.717, 1.165) is 5.92 Å². The summed E-state index contributed by atoms with van der Waals surface area (Å²) in [6.45, 7) is 2.22. The Morgan fingerprint density at radius 3 is 2.67 bits per heavy atom. The Morgan fingerprint density at radius 2 is 2.13 bits per heavy atom. The highest BCUT2D eigenvalue weighted by Crippen LogP contribution is 2.41. The van der Waals surface area contributed by atoms with E-state index in [2.05, 4.69) is 44.8 Å². The molecule has 1 aliphatic carbocycles. The third kappa shape index (κ3) is 3.07. The first kappa shape index (κ1) is 12.1. The maximum absolute atomic E-state index is 3.85. The molecular formula is C12H16Br2S. The zero-order chi connectivity index (χ0) is 10.8. The van der Waals surface area contributed by atoms with Crippen molar-refractivity contribution in [3.05, 3.63) is 20.3 Å². The van der Waals surface area contributed by atoms with Gasteiger partial charge in [-0.05, 0) is 46.8 Å². The van der Waals surface area contributed by atoms with Gasteiger partial charge in [-0.2, -0.15) is 0 Å². The highest BCUT2D eigenvalue weighted by molar-refractivity contribution is 9.11. The van der Waals surface area contributed by atoms with Crippen LogP contribution in [0.5, 0.6) is 0 Å². The lowest BCUT2D eigenvalue weighted by Gasteiger charge is -2.14. The number of hydrogen-bond donors (Lipinski definition) is 0. The molecule has 1 fully saturated rings. The fourth-order valence-corrected chi connectivity index (χ4v) is 5.36. The van der Waals surface area contributed by atoms with Crippen molar-refractivity contribution < 1.29 is 0 Å². The maximum atomic E-state index is 3.85. The first-order chi connectivity index (χ1) is 7.16. The van der Waals surface area contributed by atoms with E-state index in [9.17, 15) is 0 Å². The summed E-state index contributed by atoms with van der Waals surface area (Å²) in [5.41, 5.74) is 1.48. The maximum Gasteiger partial charge on any atom is 0.0704 e. The molecule has 0 aliphatic heterocycles. The summed E-state index contributed by atoms with van der Waals surface area (Å²) in [5.74, 6) is 0.951. The normalized spacial score (nSPS) is 19.7. The highest BCUT2D eigenvalue weighted by atomic mass is 79.9. The molecule has 0 saturated heterocycles. The van der Waals surface area contributed by atoms with E-state index in [0.29, 0.717) is 4.83 Å². The molecule has 1 heterocycles. The van der Waals surface area contributed by atoms with Crippen LogP contribution in [0.15, 0.2) is 9.85 Å². The molecule has 1 aromatic rings. The van der Waals surface area contributed by atoms with Crippen LogP contribution in [0, 0.1) is 12.8 Å². The van der Waals surface area contributed by atoms with Gasteiger partial charge in [-0.25, -0.2) is 0 Å². The van der Waals surface area contributed by atoms with Gasteiger partial charge in [0.2, 0.25) is 0 Å². The molecule has 0 aromatic carbocycles. The van der Waals surface area contributed by atoms with Gasteiger partial charge < -0.3 is 0 Å². The summed E-state index contributed by atoms with van der Waals surface area (Å²) >= 11 is 9.25. The second-order valence-electron chi connectivity index (χ2n) is 4.42. The van der Waals surface area contributed by atoms with Gasteiger partial charge >= 0.3 is 0 Å². The Hall–Kier alpha value is 0.660. The Balaban J connectivity index is 2.00. The van der Waals surface area contributed by atoms with Gasteiger partial charge in [0.25, 0.3) is 0 Å². The topological polar surface area (TPSA) is 0 Å². The number of aryl methyl sites for hydroxylation is 1. The standard InChI is InChI=1S/C12H16Br2S/c1-8-10(7-12(14)15-8)11(13)6-9-4-2-3-5-9/h7,9,11H,2-6H2,1H3.